The molecule has 4 nitrogen and oxygen atoms in total. The number of nitrogens with one attached hydrogen (secondary N) is 1. The van der Waals surface area contributed by atoms with E-state index in [1.807, 2.05) is 54.6 Å². The summed E-state index contributed by atoms with van der Waals surface area (Å²) in [5.41, 5.74) is 2.85. The van der Waals surface area contributed by atoms with Gasteiger partial charge in [0.1, 0.15) is 6.10 Å². The quantitative estimate of drug-likeness (QED) is 0.792. The Balaban J connectivity index is 1.66. The molecule has 138 valence electrons. The van der Waals surface area contributed by atoms with Crippen LogP contribution in [0.2, 0.25) is 0 Å². The first-order valence-electron chi connectivity index (χ1n) is 9.44. The zero-order valence-corrected chi connectivity index (χ0v) is 15.9. The third-order valence-corrected chi connectivity index (χ3v) is 5.54. The average molecular weight is 353 g/mol. The third kappa shape index (κ3) is 4.25. The smallest absolute Gasteiger partial charge is 0.411 e. The normalized spacial score (nSPS) is 21.8. The Labute approximate surface area is 156 Å². The van der Waals surface area contributed by atoms with Crippen molar-refractivity contribution in [2.45, 2.75) is 38.3 Å². The lowest BCUT2D eigenvalue weighted by Gasteiger charge is -2.43. The van der Waals surface area contributed by atoms with Crippen LogP contribution < -0.4 is 5.32 Å². The number of ether oxygens (including phenoxy) is 1. The van der Waals surface area contributed by atoms with E-state index in [1.165, 1.54) is 0 Å². The van der Waals surface area contributed by atoms with Crippen molar-refractivity contribution in [2.75, 3.05) is 26.0 Å². The fraction of sp³-hybridized carbons (Fsp3) is 0.409. The second-order valence-corrected chi connectivity index (χ2v) is 7.65. The van der Waals surface area contributed by atoms with Gasteiger partial charge < -0.3 is 9.22 Å². The van der Waals surface area contributed by atoms with Gasteiger partial charge in [0.25, 0.3) is 0 Å². The highest BCUT2D eigenvalue weighted by molar-refractivity contribution is 5.91. The van der Waals surface area contributed by atoms with Crippen LogP contribution >= 0.6 is 0 Å². The first kappa shape index (κ1) is 18.5. The molecule has 2 atom stereocenters. The summed E-state index contributed by atoms with van der Waals surface area (Å²) >= 11 is 0. The molecule has 2 aromatic rings. The minimum atomic E-state index is -0.361. The lowest BCUT2D eigenvalue weighted by atomic mass is 9.95. The van der Waals surface area contributed by atoms with E-state index in [-0.39, 0.29) is 12.2 Å². The highest BCUT2D eigenvalue weighted by Gasteiger charge is 2.36. The Morgan fingerprint density at radius 3 is 2.54 bits per heavy atom. The van der Waals surface area contributed by atoms with Gasteiger partial charge in [0.15, 0.2) is 0 Å². The Bertz CT molecular complexity index is 743. The predicted molar refractivity (Wildman–Crippen MR) is 106 cm³/mol. The largest absolute Gasteiger partial charge is 0.446 e. The van der Waals surface area contributed by atoms with Gasteiger partial charge in [-0.1, -0.05) is 55.5 Å². The Hall–Kier alpha value is -2.33. The molecule has 2 aromatic carbocycles. The topological polar surface area (TPSA) is 38.3 Å². The van der Waals surface area contributed by atoms with Crippen molar-refractivity contribution in [1.82, 2.24) is 0 Å². The van der Waals surface area contributed by atoms with E-state index >= 15 is 0 Å². The van der Waals surface area contributed by atoms with E-state index in [9.17, 15) is 4.79 Å². The summed E-state index contributed by atoms with van der Waals surface area (Å²) in [5.74, 6) is 0. The van der Waals surface area contributed by atoms with Gasteiger partial charge in [-0.15, -0.1) is 0 Å². The van der Waals surface area contributed by atoms with Crippen molar-refractivity contribution in [3.8, 4) is 11.1 Å². The number of carbonyl (C=O) groups excluding carboxylic acids is 1. The maximum absolute atomic E-state index is 12.5. The molecule has 1 N–H and O–H groups in total. The molecule has 0 unspecified atom stereocenters. The number of carbonyl (C=O) groups is 1. The number of rotatable bonds is 4. The summed E-state index contributed by atoms with van der Waals surface area (Å²) < 4.78 is 6.76. The Morgan fingerprint density at radius 2 is 1.81 bits per heavy atom. The maximum atomic E-state index is 12.5. The van der Waals surface area contributed by atoms with Gasteiger partial charge in [-0.2, -0.15) is 0 Å². The number of piperidine rings is 1. The molecule has 1 aliphatic rings. The molecular formula is C22H29N2O2+. The minimum absolute atomic E-state index is 0.00464. The molecule has 3 rings (SSSR count). The Kier molecular flexibility index (Phi) is 5.62. The second-order valence-electron chi connectivity index (χ2n) is 7.65. The van der Waals surface area contributed by atoms with Crippen LogP contribution in [0.1, 0.15) is 26.2 Å². The first-order chi connectivity index (χ1) is 12.5. The fourth-order valence-corrected chi connectivity index (χ4v) is 3.89. The number of anilines is 1. The van der Waals surface area contributed by atoms with Crippen LogP contribution in [0.5, 0.6) is 0 Å². The second kappa shape index (κ2) is 7.92. The predicted octanol–water partition coefficient (Wildman–Crippen LogP) is 4.92. The number of hydrogen-bond donors (Lipinski definition) is 1. The number of likely N-dealkylation sites (tertiary alicyclic amines) is 1. The van der Waals surface area contributed by atoms with E-state index in [2.05, 4.69) is 26.3 Å². The zero-order valence-electron chi connectivity index (χ0n) is 15.9. The van der Waals surface area contributed by atoms with Crippen molar-refractivity contribution in [1.29, 1.82) is 0 Å². The van der Waals surface area contributed by atoms with Crippen molar-refractivity contribution in [3.05, 3.63) is 54.6 Å². The van der Waals surface area contributed by atoms with Crippen LogP contribution in [0.3, 0.4) is 0 Å². The molecule has 0 saturated carbocycles. The number of para-hydroxylation sites is 1. The zero-order chi connectivity index (χ0) is 18.6. The van der Waals surface area contributed by atoms with Crippen LogP contribution in [-0.2, 0) is 4.74 Å². The number of nitrogens with zero attached hydrogens (tertiary/aromatic N) is 1. The van der Waals surface area contributed by atoms with Gasteiger partial charge in [0.2, 0.25) is 0 Å². The summed E-state index contributed by atoms with van der Waals surface area (Å²) in [5, 5.41) is 2.94. The molecule has 0 spiro atoms. The van der Waals surface area contributed by atoms with Crippen molar-refractivity contribution in [2.24, 2.45) is 0 Å². The van der Waals surface area contributed by atoms with Crippen LogP contribution in [0.15, 0.2) is 54.6 Å². The molecule has 0 bridgehead atoms. The molecule has 0 aromatic heterocycles. The highest BCUT2D eigenvalue weighted by Crippen LogP contribution is 2.29. The lowest BCUT2D eigenvalue weighted by Crippen LogP contribution is -2.55. The maximum Gasteiger partial charge on any atom is 0.411 e. The minimum Gasteiger partial charge on any atom is -0.446 e. The van der Waals surface area contributed by atoms with Crippen molar-refractivity contribution < 1.29 is 14.0 Å². The van der Waals surface area contributed by atoms with Gasteiger partial charge in [-0.05, 0) is 18.1 Å². The molecule has 1 aliphatic heterocycles. The summed E-state index contributed by atoms with van der Waals surface area (Å²) in [7, 11) is 4.53. The number of benzene rings is 2. The van der Waals surface area contributed by atoms with Gasteiger partial charge in [-0.3, -0.25) is 5.32 Å². The molecular weight excluding hydrogens is 324 g/mol. The van der Waals surface area contributed by atoms with Crippen LogP contribution in [0.25, 0.3) is 11.1 Å². The van der Waals surface area contributed by atoms with E-state index in [0.29, 0.717) is 6.04 Å². The summed E-state index contributed by atoms with van der Waals surface area (Å²) in [6, 6.07) is 18.4. The molecule has 1 heterocycles. The molecule has 1 saturated heterocycles. The van der Waals surface area contributed by atoms with Crippen LogP contribution in [0, 0.1) is 0 Å². The average Bonchev–Trinajstić information content (AvgIpc) is 2.64. The van der Waals surface area contributed by atoms with Gasteiger partial charge in [0, 0.05) is 18.4 Å². The molecule has 0 aliphatic carbocycles. The number of hydrogen-bond acceptors (Lipinski definition) is 2. The number of amides is 1. The molecule has 26 heavy (non-hydrogen) atoms. The first-order valence-corrected chi connectivity index (χ1v) is 9.44. The van der Waals surface area contributed by atoms with E-state index in [1.54, 1.807) is 0 Å². The Morgan fingerprint density at radius 1 is 1.12 bits per heavy atom. The molecule has 4 heteroatoms. The molecule has 1 fully saturated rings. The lowest BCUT2D eigenvalue weighted by molar-refractivity contribution is -0.921. The van der Waals surface area contributed by atoms with Gasteiger partial charge in [-0.25, -0.2) is 4.79 Å². The number of quaternary nitrogens is 1. The standard InChI is InChI=1S/C22H28N2O2/c1-4-18-16-19(14-15-24(18,2)3)26-22(25)23-21-13-9-8-12-20(21)17-10-6-5-7-11-17/h5-13,18-19H,4,14-16H2,1-3H3/p+1/t18-,19+/m1/s1. The summed E-state index contributed by atoms with van der Waals surface area (Å²) in [4.78, 5) is 12.5. The SMILES string of the molecule is CC[C@@H]1C[C@@H](OC(=O)Nc2ccccc2-c2ccccc2)CC[N+]1(C)C. The molecule has 0 radical (unpaired) electrons. The van der Waals surface area contributed by atoms with E-state index in [4.69, 9.17) is 4.74 Å². The monoisotopic (exact) mass is 353 g/mol. The summed E-state index contributed by atoms with van der Waals surface area (Å²) in [6.07, 6.45) is 2.58. The van der Waals surface area contributed by atoms with Gasteiger partial charge in [0.05, 0.1) is 32.4 Å². The fourth-order valence-electron chi connectivity index (χ4n) is 3.89. The molecule has 1 amide bonds. The summed E-state index contributed by atoms with van der Waals surface area (Å²) in [6.45, 7) is 3.25. The highest BCUT2D eigenvalue weighted by atomic mass is 16.6. The third-order valence-electron chi connectivity index (χ3n) is 5.54. The van der Waals surface area contributed by atoms with E-state index in [0.717, 1.165) is 47.1 Å². The van der Waals surface area contributed by atoms with E-state index < -0.39 is 0 Å². The van der Waals surface area contributed by atoms with Crippen LogP contribution in [-0.4, -0.2) is 43.4 Å². The van der Waals surface area contributed by atoms with Crippen molar-refractivity contribution >= 4 is 11.8 Å². The van der Waals surface area contributed by atoms with Crippen molar-refractivity contribution in [3.63, 3.8) is 0 Å². The van der Waals surface area contributed by atoms with Gasteiger partial charge >= 0.3 is 6.09 Å². The van der Waals surface area contributed by atoms with Crippen LogP contribution in [0.4, 0.5) is 10.5 Å².